The van der Waals surface area contributed by atoms with Crippen LogP contribution in [0.1, 0.15) is 5.56 Å². The van der Waals surface area contributed by atoms with Crippen molar-refractivity contribution in [2.24, 2.45) is 0 Å². The Labute approximate surface area is 367 Å². The number of hydrogen-bond acceptors (Lipinski definition) is 1. The minimum absolute atomic E-state index is 0.648. The Hall–Kier alpha value is -8.51. The molecule has 10 aromatic carbocycles. The molecule has 0 unspecified atom stereocenters. The van der Waals surface area contributed by atoms with E-state index in [0.29, 0.717) is 5.56 Å². The maximum absolute atomic E-state index is 10.2. The highest BCUT2D eigenvalue weighted by molar-refractivity contribution is 6.12. The third kappa shape index (κ3) is 7.08. The molecule has 0 spiro atoms. The topological polar surface area (TPSA) is 28.7 Å². The first-order valence-electron chi connectivity index (χ1n) is 21.4. The molecule has 0 N–H and O–H groups in total. The van der Waals surface area contributed by atoms with E-state index in [0.717, 1.165) is 60.9 Å². The van der Waals surface area contributed by atoms with Gasteiger partial charge < -0.3 is 4.57 Å². The molecule has 1 heterocycles. The Bertz CT molecular complexity index is 3190. The molecule has 0 fully saturated rings. The van der Waals surface area contributed by atoms with Gasteiger partial charge in [0.25, 0.3) is 0 Å². The van der Waals surface area contributed by atoms with Crippen molar-refractivity contribution in [2.45, 2.75) is 0 Å². The maximum Gasteiger partial charge on any atom is 0.0998 e. The third-order valence-electron chi connectivity index (χ3n) is 12.2. The molecular formula is C61H40N2. The first-order valence-corrected chi connectivity index (χ1v) is 21.4. The van der Waals surface area contributed by atoms with Crippen LogP contribution in [0.4, 0.5) is 0 Å². The first-order chi connectivity index (χ1) is 31.2. The van der Waals surface area contributed by atoms with E-state index >= 15 is 0 Å². The predicted octanol–water partition coefficient (Wildman–Crippen LogP) is 16.3. The summed E-state index contributed by atoms with van der Waals surface area (Å²) in [6.45, 7) is 0. The van der Waals surface area contributed by atoms with Crippen LogP contribution in [0.5, 0.6) is 0 Å². The van der Waals surface area contributed by atoms with Gasteiger partial charge in [-0.05, 0) is 140 Å². The zero-order chi connectivity index (χ0) is 42.1. The molecule has 2 heteroatoms. The van der Waals surface area contributed by atoms with E-state index in [2.05, 4.69) is 235 Å². The second-order valence-corrected chi connectivity index (χ2v) is 16.0. The van der Waals surface area contributed by atoms with Gasteiger partial charge in [-0.3, -0.25) is 0 Å². The van der Waals surface area contributed by atoms with Crippen LogP contribution in [0.15, 0.2) is 243 Å². The number of aromatic nitrogens is 1. The maximum atomic E-state index is 10.2. The molecule has 0 amide bonds. The van der Waals surface area contributed by atoms with Gasteiger partial charge in [0.2, 0.25) is 0 Å². The van der Waals surface area contributed by atoms with Gasteiger partial charge >= 0.3 is 0 Å². The summed E-state index contributed by atoms with van der Waals surface area (Å²) in [5, 5.41) is 12.5. The summed E-state index contributed by atoms with van der Waals surface area (Å²) in [6, 6.07) is 89.1. The van der Waals surface area contributed by atoms with Crippen molar-refractivity contribution < 1.29 is 0 Å². The van der Waals surface area contributed by atoms with Gasteiger partial charge in [0.05, 0.1) is 28.4 Å². The number of benzene rings is 10. The SMILES string of the molecule is N#Cc1ccccc1-c1ccccc1-n1c2ccc(-c3cc(-c4ccccc4)cc(-c4ccccc4)c3)cc2c2cc(-c3cc(-c4ccccc4)cc(-c4ccccc4)c3)ccc21. The lowest BCUT2D eigenvalue weighted by Gasteiger charge is -2.15. The molecule has 0 aliphatic rings. The van der Waals surface area contributed by atoms with E-state index in [9.17, 15) is 5.26 Å². The molecule has 1 aromatic heterocycles. The smallest absolute Gasteiger partial charge is 0.0998 e. The highest BCUT2D eigenvalue weighted by atomic mass is 15.0. The van der Waals surface area contributed by atoms with Crippen molar-refractivity contribution in [3.63, 3.8) is 0 Å². The second kappa shape index (κ2) is 16.2. The number of para-hydroxylation sites is 1. The molecule has 0 saturated carbocycles. The summed E-state index contributed by atoms with van der Waals surface area (Å²) in [6.07, 6.45) is 0. The molecule has 11 aromatic rings. The van der Waals surface area contributed by atoms with E-state index < -0.39 is 0 Å². The van der Waals surface area contributed by atoms with Crippen LogP contribution in [-0.4, -0.2) is 4.57 Å². The molecule has 0 saturated heterocycles. The van der Waals surface area contributed by atoms with E-state index in [-0.39, 0.29) is 0 Å². The van der Waals surface area contributed by atoms with Gasteiger partial charge in [-0.1, -0.05) is 170 Å². The zero-order valence-electron chi connectivity index (χ0n) is 34.5. The van der Waals surface area contributed by atoms with Crippen LogP contribution < -0.4 is 0 Å². The zero-order valence-corrected chi connectivity index (χ0v) is 34.5. The summed E-state index contributed by atoms with van der Waals surface area (Å²) >= 11 is 0. The average Bonchev–Trinajstić information content (AvgIpc) is 3.70. The molecule has 0 radical (unpaired) electrons. The summed E-state index contributed by atoms with van der Waals surface area (Å²) in [5.41, 5.74) is 19.8. The third-order valence-corrected chi connectivity index (χ3v) is 12.2. The van der Waals surface area contributed by atoms with Crippen molar-refractivity contribution in [1.29, 1.82) is 5.26 Å². The Morgan fingerprint density at radius 3 is 1.00 bits per heavy atom. The van der Waals surface area contributed by atoms with E-state index in [1.807, 2.05) is 18.2 Å². The lowest BCUT2D eigenvalue weighted by Crippen LogP contribution is -1.98. The quantitative estimate of drug-likeness (QED) is 0.150. The summed E-state index contributed by atoms with van der Waals surface area (Å²) in [4.78, 5) is 0. The normalized spacial score (nSPS) is 11.2. The van der Waals surface area contributed by atoms with Crippen LogP contribution in [0.3, 0.4) is 0 Å². The average molecular weight is 801 g/mol. The number of nitriles is 1. The lowest BCUT2D eigenvalue weighted by molar-refractivity contribution is 1.18. The first kappa shape index (κ1) is 37.5. The largest absolute Gasteiger partial charge is 0.309 e. The van der Waals surface area contributed by atoms with Crippen molar-refractivity contribution in [1.82, 2.24) is 4.57 Å². The van der Waals surface area contributed by atoms with Crippen molar-refractivity contribution in [3.05, 3.63) is 248 Å². The minimum atomic E-state index is 0.648. The molecule has 294 valence electrons. The molecule has 0 aliphatic carbocycles. The highest BCUT2D eigenvalue weighted by Crippen LogP contribution is 2.42. The van der Waals surface area contributed by atoms with Crippen LogP contribution in [-0.2, 0) is 0 Å². The fraction of sp³-hybridized carbons (Fsp3) is 0. The fourth-order valence-electron chi connectivity index (χ4n) is 9.13. The van der Waals surface area contributed by atoms with Gasteiger partial charge in [-0.25, -0.2) is 0 Å². The van der Waals surface area contributed by atoms with Crippen LogP contribution in [0, 0.1) is 11.3 Å². The van der Waals surface area contributed by atoms with E-state index in [1.165, 1.54) is 44.5 Å². The molecule has 0 bridgehead atoms. The van der Waals surface area contributed by atoms with Gasteiger partial charge in [-0.15, -0.1) is 0 Å². The molecule has 11 rings (SSSR count). The summed E-state index contributed by atoms with van der Waals surface area (Å²) in [5.74, 6) is 0. The molecule has 0 atom stereocenters. The Morgan fingerprint density at radius 2 is 0.603 bits per heavy atom. The van der Waals surface area contributed by atoms with Crippen LogP contribution >= 0.6 is 0 Å². The molecule has 0 aliphatic heterocycles. The molecule has 63 heavy (non-hydrogen) atoms. The lowest BCUT2D eigenvalue weighted by atomic mass is 9.92. The Kier molecular flexibility index (Phi) is 9.62. The Balaban J connectivity index is 1.17. The Morgan fingerprint density at radius 1 is 0.270 bits per heavy atom. The number of rotatable bonds is 8. The van der Waals surface area contributed by atoms with Gasteiger partial charge in [0.1, 0.15) is 0 Å². The van der Waals surface area contributed by atoms with Gasteiger partial charge in [0.15, 0.2) is 0 Å². The number of nitrogens with zero attached hydrogens (tertiary/aromatic N) is 2. The van der Waals surface area contributed by atoms with Gasteiger partial charge in [0, 0.05) is 21.9 Å². The van der Waals surface area contributed by atoms with Crippen molar-refractivity contribution in [3.8, 4) is 89.6 Å². The van der Waals surface area contributed by atoms with E-state index in [1.54, 1.807) is 0 Å². The number of fused-ring (bicyclic) bond motifs is 3. The van der Waals surface area contributed by atoms with Crippen LogP contribution in [0.25, 0.3) is 105 Å². The van der Waals surface area contributed by atoms with Crippen molar-refractivity contribution in [2.75, 3.05) is 0 Å². The minimum Gasteiger partial charge on any atom is -0.309 e. The summed E-state index contributed by atoms with van der Waals surface area (Å²) in [7, 11) is 0. The monoisotopic (exact) mass is 800 g/mol. The second-order valence-electron chi connectivity index (χ2n) is 16.0. The number of hydrogen-bond donors (Lipinski definition) is 0. The van der Waals surface area contributed by atoms with Gasteiger partial charge in [-0.2, -0.15) is 5.26 Å². The standard InChI is InChI=1S/C61H40N2/c62-41-48-25-13-14-26-55(48)56-27-15-16-28-59(56)63-60-31-29-46(53-35-49(42-17-5-1-6-18-42)33-50(36-53)43-19-7-2-8-20-43)39-57(60)58-40-47(30-32-61(58)63)54-37-51(44-21-9-3-10-22-44)34-52(38-54)45-23-11-4-12-24-45/h1-40H. The fourth-order valence-corrected chi connectivity index (χ4v) is 9.13. The highest BCUT2D eigenvalue weighted by Gasteiger charge is 2.19. The summed E-state index contributed by atoms with van der Waals surface area (Å²) < 4.78 is 2.38. The van der Waals surface area contributed by atoms with E-state index in [4.69, 9.17) is 0 Å². The van der Waals surface area contributed by atoms with Crippen molar-refractivity contribution >= 4 is 21.8 Å². The molecule has 2 nitrogen and oxygen atoms in total. The molecular weight excluding hydrogens is 761 g/mol. The van der Waals surface area contributed by atoms with Crippen LogP contribution in [0.2, 0.25) is 0 Å². The predicted molar refractivity (Wildman–Crippen MR) is 264 cm³/mol.